The average Bonchev–Trinajstić information content (AvgIpc) is 2.31. The molecule has 0 saturated carbocycles. The molecule has 0 unspecified atom stereocenters. The minimum Gasteiger partial charge on any atom is -0.494 e. The van der Waals surface area contributed by atoms with Crippen molar-refractivity contribution in [1.82, 2.24) is 5.32 Å². The van der Waals surface area contributed by atoms with Crippen molar-refractivity contribution in [2.24, 2.45) is 5.92 Å². The van der Waals surface area contributed by atoms with E-state index in [1.807, 2.05) is 6.92 Å². The van der Waals surface area contributed by atoms with Gasteiger partial charge in [0.15, 0.2) is 0 Å². The van der Waals surface area contributed by atoms with Crippen molar-refractivity contribution in [3.8, 4) is 5.75 Å². The molecule has 2 rings (SSSR count). The monoisotopic (exact) mass is 255 g/mol. The summed E-state index contributed by atoms with van der Waals surface area (Å²) in [5.41, 5.74) is 1.46. The molecule has 0 bridgehead atoms. The maximum Gasteiger partial charge on any atom is 0.119 e. The van der Waals surface area contributed by atoms with Crippen LogP contribution in [0.5, 0.6) is 5.75 Å². The van der Waals surface area contributed by atoms with Crippen molar-refractivity contribution < 1.29 is 4.74 Å². The van der Waals surface area contributed by atoms with Gasteiger partial charge in [0, 0.05) is 0 Å². The van der Waals surface area contributed by atoms with Crippen molar-refractivity contribution in [2.75, 3.05) is 19.7 Å². The van der Waals surface area contributed by atoms with Crippen LogP contribution in [-0.4, -0.2) is 19.7 Å². The van der Waals surface area contributed by atoms with Crippen molar-refractivity contribution in [3.63, 3.8) is 0 Å². The van der Waals surface area contributed by atoms with Gasteiger partial charge in [-0.3, -0.25) is 0 Å². The number of rotatable bonds is 3. The lowest BCUT2D eigenvalue weighted by Crippen LogP contribution is -2.33. The molecule has 1 fully saturated rings. The number of hydrogen-bond acceptors (Lipinski definition) is 2. The first kappa shape index (κ1) is 14.3. The summed E-state index contributed by atoms with van der Waals surface area (Å²) in [5, 5.41) is 3.44. The molecule has 0 spiro atoms. The summed E-state index contributed by atoms with van der Waals surface area (Å²) in [6.45, 7) is 7.36. The molecule has 1 aromatic rings. The summed E-state index contributed by atoms with van der Waals surface area (Å²) < 4.78 is 5.46. The topological polar surface area (TPSA) is 21.3 Å². The first-order valence-electron chi connectivity index (χ1n) is 6.24. The molecule has 1 N–H and O–H groups in total. The lowest BCUT2D eigenvalue weighted by atomic mass is 9.82. The van der Waals surface area contributed by atoms with Crippen LogP contribution in [0.1, 0.15) is 31.7 Å². The van der Waals surface area contributed by atoms with E-state index in [2.05, 4.69) is 36.5 Å². The van der Waals surface area contributed by atoms with E-state index in [9.17, 15) is 0 Å². The van der Waals surface area contributed by atoms with Gasteiger partial charge >= 0.3 is 0 Å². The molecule has 1 saturated heterocycles. The van der Waals surface area contributed by atoms with Gasteiger partial charge in [0.05, 0.1) is 6.61 Å². The molecule has 0 amide bonds. The fourth-order valence-corrected chi connectivity index (χ4v) is 2.49. The van der Waals surface area contributed by atoms with E-state index < -0.39 is 0 Å². The van der Waals surface area contributed by atoms with Crippen molar-refractivity contribution >= 4 is 12.4 Å². The van der Waals surface area contributed by atoms with Crippen LogP contribution in [-0.2, 0) is 0 Å². The summed E-state index contributed by atoms with van der Waals surface area (Å²) >= 11 is 0. The van der Waals surface area contributed by atoms with Gasteiger partial charge in [-0.05, 0) is 56.0 Å². The molecular formula is C14H22ClNO. The molecule has 0 aliphatic carbocycles. The number of hydrogen-bond donors (Lipinski definition) is 1. The summed E-state index contributed by atoms with van der Waals surface area (Å²) in [6, 6.07) is 8.62. The molecule has 2 atom stereocenters. The van der Waals surface area contributed by atoms with Crippen LogP contribution in [0.4, 0.5) is 0 Å². The number of ether oxygens (including phenoxy) is 1. The van der Waals surface area contributed by atoms with E-state index in [-0.39, 0.29) is 12.4 Å². The Morgan fingerprint density at radius 3 is 2.59 bits per heavy atom. The van der Waals surface area contributed by atoms with Crippen LogP contribution in [0.3, 0.4) is 0 Å². The quantitative estimate of drug-likeness (QED) is 0.896. The molecular weight excluding hydrogens is 234 g/mol. The minimum atomic E-state index is 0. The van der Waals surface area contributed by atoms with Gasteiger partial charge in [-0.15, -0.1) is 12.4 Å². The summed E-state index contributed by atoms with van der Waals surface area (Å²) in [7, 11) is 0. The van der Waals surface area contributed by atoms with Crippen LogP contribution >= 0.6 is 12.4 Å². The number of piperidine rings is 1. The van der Waals surface area contributed by atoms with Crippen LogP contribution in [0.15, 0.2) is 24.3 Å². The zero-order valence-corrected chi connectivity index (χ0v) is 11.4. The van der Waals surface area contributed by atoms with Crippen molar-refractivity contribution in [3.05, 3.63) is 29.8 Å². The highest BCUT2D eigenvalue weighted by Crippen LogP contribution is 2.30. The lowest BCUT2D eigenvalue weighted by molar-refractivity contribution is 0.337. The van der Waals surface area contributed by atoms with Gasteiger partial charge in [0.2, 0.25) is 0 Å². The molecule has 1 aliphatic heterocycles. The van der Waals surface area contributed by atoms with E-state index in [0.29, 0.717) is 5.92 Å². The Bertz CT molecular complexity index is 325. The fourth-order valence-electron chi connectivity index (χ4n) is 2.49. The Kier molecular flexibility index (Phi) is 5.79. The molecule has 1 heterocycles. The summed E-state index contributed by atoms with van der Waals surface area (Å²) in [5.74, 6) is 2.41. The third-order valence-corrected chi connectivity index (χ3v) is 3.40. The maximum absolute atomic E-state index is 5.46. The van der Waals surface area contributed by atoms with E-state index in [4.69, 9.17) is 4.74 Å². The first-order valence-corrected chi connectivity index (χ1v) is 6.24. The highest BCUT2D eigenvalue weighted by Gasteiger charge is 2.22. The number of benzene rings is 1. The zero-order valence-electron chi connectivity index (χ0n) is 10.6. The minimum absolute atomic E-state index is 0. The van der Waals surface area contributed by atoms with Crippen LogP contribution in [0, 0.1) is 5.92 Å². The van der Waals surface area contributed by atoms with E-state index in [0.717, 1.165) is 31.4 Å². The summed E-state index contributed by atoms with van der Waals surface area (Å²) in [4.78, 5) is 0. The zero-order chi connectivity index (χ0) is 11.4. The van der Waals surface area contributed by atoms with Gasteiger partial charge in [0.25, 0.3) is 0 Å². The Morgan fingerprint density at radius 1 is 1.29 bits per heavy atom. The van der Waals surface area contributed by atoms with E-state index in [1.54, 1.807) is 0 Å². The van der Waals surface area contributed by atoms with Crippen LogP contribution < -0.4 is 10.1 Å². The molecule has 96 valence electrons. The molecule has 1 aromatic carbocycles. The Hall–Kier alpha value is -0.730. The van der Waals surface area contributed by atoms with Gasteiger partial charge in [-0.2, -0.15) is 0 Å². The Morgan fingerprint density at radius 2 is 2.00 bits per heavy atom. The smallest absolute Gasteiger partial charge is 0.119 e. The lowest BCUT2D eigenvalue weighted by Gasteiger charge is -2.29. The second kappa shape index (κ2) is 6.87. The van der Waals surface area contributed by atoms with E-state index in [1.165, 1.54) is 12.0 Å². The van der Waals surface area contributed by atoms with Gasteiger partial charge in [-0.1, -0.05) is 19.1 Å². The normalized spacial score (nSPS) is 23.9. The Balaban J connectivity index is 0.00000144. The molecule has 2 nitrogen and oxygen atoms in total. The molecule has 17 heavy (non-hydrogen) atoms. The van der Waals surface area contributed by atoms with E-state index >= 15 is 0 Å². The summed E-state index contributed by atoms with van der Waals surface area (Å²) in [6.07, 6.45) is 1.25. The van der Waals surface area contributed by atoms with Gasteiger partial charge < -0.3 is 10.1 Å². The molecule has 0 radical (unpaired) electrons. The van der Waals surface area contributed by atoms with Crippen molar-refractivity contribution in [2.45, 2.75) is 26.2 Å². The Labute approximate surface area is 110 Å². The second-order valence-corrected chi connectivity index (χ2v) is 4.58. The standard InChI is InChI=1S/C14H21NO.ClH/c1-3-16-13-6-4-12(5-7-13)14-8-9-15-10-11(14)2;/h4-7,11,14-15H,3,8-10H2,1-2H3;1H/t11-,14+;/m1./s1. The molecule has 3 heteroatoms. The van der Waals surface area contributed by atoms with Gasteiger partial charge in [-0.25, -0.2) is 0 Å². The third-order valence-electron chi connectivity index (χ3n) is 3.40. The highest BCUT2D eigenvalue weighted by atomic mass is 35.5. The highest BCUT2D eigenvalue weighted by molar-refractivity contribution is 5.85. The number of nitrogens with one attached hydrogen (secondary N) is 1. The largest absolute Gasteiger partial charge is 0.494 e. The molecule has 1 aliphatic rings. The fraction of sp³-hybridized carbons (Fsp3) is 0.571. The van der Waals surface area contributed by atoms with Crippen LogP contribution in [0.2, 0.25) is 0 Å². The second-order valence-electron chi connectivity index (χ2n) is 4.58. The van der Waals surface area contributed by atoms with Crippen LogP contribution in [0.25, 0.3) is 0 Å². The third kappa shape index (κ3) is 3.62. The number of halogens is 1. The van der Waals surface area contributed by atoms with Crippen molar-refractivity contribution in [1.29, 1.82) is 0 Å². The predicted octanol–water partition coefficient (Wildman–Crippen LogP) is 3.22. The first-order chi connectivity index (χ1) is 7.81. The molecule has 0 aromatic heterocycles. The SMILES string of the molecule is CCOc1ccc([C@H]2CCNC[C@H]2C)cc1.Cl. The maximum atomic E-state index is 5.46. The van der Waals surface area contributed by atoms with Gasteiger partial charge in [0.1, 0.15) is 5.75 Å². The average molecular weight is 256 g/mol. The predicted molar refractivity (Wildman–Crippen MR) is 74.3 cm³/mol.